The number of rotatable bonds is 30. The van der Waals surface area contributed by atoms with Gasteiger partial charge in [-0.15, -0.1) is 0 Å². The van der Waals surface area contributed by atoms with E-state index in [0.717, 1.165) is 103 Å². The molecule has 0 fully saturated rings. The molecule has 0 unspecified atom stereocenters. The predicted molar refractivity (Wildman–Crippen MR) is 284 cm³/mol. The number of fused-ring (bicyclic) bond motifs is 2. The summed E-state index contributed by atoms with van der Waals surface area (Å²) in [5.41, 5.74) is 2.41. The molecule has 0 radical (unpaired) electrons. The molecule has 0 bridgehead atoms. The van der Waals surface area contributed by atoms with E-state index in [2.05, 4.69) is 157 Å². The molecule has 0 atom stereocenters. The van der Waals surface area contributed by atoms with Gasteiger partial charge >= 0.3 is 0 Å². The van der Waals surface area contributed by atoms with Gasteiger partial charge in [0.05, 0.1) is 13.2 Å². The number of benzene rings is 3. The summed E-state index contributed by atoms with van der Waals surface area (Å²) in [5, 5.41) is 4.90. The molecule has 0 aliphatic heterocycles. The summed E-state index contributed by atoms with van der Waals surface area (Å²) in [6.07, 6.45) is 31.3. The zero-order valence-electron chi connectivity index (χ0n) is 41.1. The van der Waals surface area contributed by atoms with Crippen molar-refractivity contribution < 1.29 is 9.47 Å². The third-order valence-electron chi connectivity index (χ3n) is 11.2. The SMILES string of the molecule is CCCCCCCCC#CC#CCCCCCC#CC#CCCCOCc1cccc2cc3c(COCCCC#CC#CCCCCCC#CC#CCCCCCCCC)cccc3cc12. The first-order valence-electron chi connectivity index (χ1n) is 25.7. The van der Waals surface area contributed by atoms with E-state index >= 15 is 0 Å². The Hall–Kier alpha value is -5.42. The van der Waals surface area contributed by atoms with Crippen LogP contribution in [0.1, 0.15) is 205 Å². The van der Waals surface area contributed by atoms with Gasteiger partial charge in [-0.2, -0.15) is 0 Å². The number of unbranched alkanes of at least 4 members (excludes halogenated alkanes) is 22. The van der Waals surface area contributed by atoms with E-state index in [1.807, 2.05) is 0 Å². The Labute approximate surface area is 403 Å². The Bertz CT molecular complexity index is 2150. The highest BCUT2D eigenvalue weighted by atomic mass is 16.5. The third-order valence-corrected chi connectivity index (χ3v) is 11.2. The van der Waals surface area contributed by atoms with Crippen LogP contribution in [-0.4, -0.2) is 13.2 Å². The highest BCUT2D eigenvalue weighted by molar-refractivity contribution is 6.00. The normalized spacial score (nSPS) is 9.85. The Kier molecular flexibility index (Phi) is 34.1. The standard InChI is InChI=1S/C64H78O2/c1-3-5-7-9-11-13-15-17-19-21-23-25-27-29-31-33-35-37-39-41-43-45-53-65-57-61-51-47-49-59-56-64-60(55-63(59)61)50-48-52-62(64)58-66-54-46-44-42-40-38-36-34-32-30-28-26-24-22-20-18-16-14-12-10-8-6-4-2/h47-52,55-56H,3-16,25-34,43-46,53-54,57-58H2,1-2H3. The molecule has 346 valence electrons. The van der Waals surface area contributed by atoms with E-state index in [9.17, 15) is 0 Å². The van der Waals surface area contributed by atoms with E-state index < -0.39 is 0 Å². The van der Waals surface area contributed by atoms with Crippen LogP contribution < -0.4 is 0 Å². The van der Waals surface area contributed by atoms with Crippen LogP contribution in [0.25, 0.3) is 21.5 Å². The first-order chi connectivity index (χ1) is 32.8. The molecule has 0 saturated heterocycles. The van der Waals surface area contributed by atoms with Gasteiger partial charge in [-0.3, -0.25) is 0 Å². The number of ether oxygens (including phenoxy) is 2. The van der Waals surface area contributed by atoms with Gasteiger partial charge < -0.3 is 9.47 Å². The fourth-order valence-corrected chi connectivity index (χ4v) is 7.37. The third kappa shape index (κ3) is 28.5. The van der Waals surface area contributed by atoms with Crippen molar-refractivity contribution in [2.24, 2.45) is 0 Å². The van der Waals surface area contributed by atoms with Crippen LogP contribution in [0.4, 0.5) is 0 Å². The van der Waals surface area contributed by atoms with E-state index in [1.54, 1.807) is 0 Å². The fraction of sp³-hybridized carbons (Fsp3) is 0.531. The predicted octanol–water partition coefficient (Wildman–Crippen LogP) is 16.0. The molecule has 3 rings (SSSR count). The monoisotopic (exact) mass is 879 g/mol. The van der Waals surface area contributed by atoms with Gasteiger partial charge in [0.2, 0.25) is 0 Å². The van der Waals surface area contributed by atoms with E-state index in [-0.39, 0.29) is 0 Å². The fourth-order valence-electron chi connectivity index (χ4n) is 7.37. The molecule has 2 heteroatoms. The lowest BCUT2D eigenvalue weighted by Gasteiger charge is -2.12. The summed E-state index contributed by atoms with van der Waals surface area (Å²) in [6, 6.07) is 17.5. The summed E-state index contributed by atoms with van der Waals surface area (Å²) in [4.78, 5) is 0. The van der Waals surface area contributed by atoms with Gasteiger partial charge in [0.1, 0.15) is 0 Å². The van der Waals surface area contributed by atoms with Crippen molar-refractivity contribution in [3.05, 3.63) is 59.7 Å². The molecule has 0 N–H and O–H groups in total. The van der Waals surface area contributed by atoms with E-state index in [1.165, 1.54) is 110 Å². The molecule has 66 heavy (non-hydrogen) atoms. The number of hydrogen-bond acceptors (Lipinski definition) is 2. The molecule has 3 aromatic carbocycles. The molecule has 0 heterocycles. The maximum atomic E-state index is 6.10. The van der Waals surface area contributed by atoms with Crippen LogP contribution in [0.5, 0.6) is 0 Å². The zero-order chi connectivity index (χ0) is 46.5. The summed E-state index contributed by atoms with van der Waals surface area (Å²) < 4.78 is 12.2. The smallest absolute Gasteiger partial charge is 0.0722 e. The van der Waals surface area contributed by atoms with Crippen molar-refractivity contribution in [3.8, 4) is 94.7 Å². The molecule has 0 saturated carbocycles. The van der Waals surface area contributed by atoms with Crippen molar-refractivity contribution >= 4 is 21.5 Å². The van der Waals surface area contributed by atoms with Gasteiger partial charge in [0, 0.05) is 64.6 Å². The van der Waals surface area contributed by atoms with Crippen molar-refractivity contribution in [1.29, 1.82) is 0 Å². The topological polar surface area (TPSA) is 18.5 Å². The number of hydrogen-bond donors (Lipinski definition) is 0. The summed E-state index contributed by atoms with van der Waals surface area (Å²) in [5.74, 6) is 49.6. The largest absolute Gasteiger partial charge is 0.377 e. The zero-order valence-corrected chi connectivity index (χ0v) is 41.1. The maximum absolute atomic E-state index is 6.10. The average molecular weight is 879 g/mol. The molecular formula is C64H78O2. The molecule has 0 amide bonds. The van der Waals surface area contributed by atoms with Crippen LogP contribution in [0.15, 0.2) is 48.5 Å². The highest BCUT2D eigenvalue weighted by Gasteiger charge is 2.07. The van der Waals surface area contributed by atoms with Crippen LogP contribution in [-0.2, 0) is 22.7 Å². The van der Waals surface area contributed by atoms with Gasteiger partial charge in [-0.05, 0) is 144 Å². The minimum atomic E-state index is 0.581. The second kappa shape index (κ2) is 41.0. The van der Waals surface area contributed by atoms with Gasteiger partial charge in [-0.1, -0.05) is 175 Å². The first kappa shape index (κ1) is 54.9. The Morgan fingerprint density at radius 2 is 0.591 bits per heavy atom. The van der Waals surface area contributed by atoms with Gasteiger partial charge in [-0.25, -0.2) is 0 Å². The molecule has 0 spiro atoms. The van der Waals surface area contributed by atoms with Crippen LogP contribution >= 0.6 is 0 Å². The molecular weight excluding hydrogens is 801 g/mol. The lowest BCUT2D eigenvalue weighted by atomic mass is 9.97. The molecule has 2 nitrogen and oxygen atoms in total. The lowest BCUT2D eigenvalue weighted by molar-refractivity contribution is 0.120. The van der Waals surface area contributed by atoms with Crippen LogP contribution in [0.2, 0.25) is 0 Å². The minimum Gasteiger partial charge on any atom is -0.377 e. The Morgan fingerprint density at radius 3 is 0.909 bits per heavy atom. The first-order valence-corrected chi connectivity index (χ1v) is 25.7. The highest BCUT2D eigenvalue weighted by Crippen LogP contribution is 2.29. The Morgan fingerprint density at radius 1 is 0.318 bits per heavy atom. The molecule has 0 aromatic heterocycles. The molecule has 0 aliphatic rings. The Balaban J connectivity index is 1.22. The van der Waals surface area contributed by atoms with Crippen molar-refractivity contribution in [1.82, 2.24) is 0 Å². The minimum absolute atomic E-state index is 0.581. The average Bonchev–Trinajstić information content (AvgIpc) is 3.33. The summed E-state index contributed by atoms with van der Waals surface area (Å²) in [7, 11) is 0. The van der Waals surface area contributed by atoms with Crippen molar-refractivity contribution in [2.75, 3.05) is 13.2 Å². The summed E-state index contributed by atoms with van der Waals surface area (Å²) >= 11 is 0. The van der Waals surface area contributed by atoms with Crippen LogP contribution in [0.3, 0.4) is 0 Å². The molecule has 3 aromatic rings. The van der Waals surface area contributed by atoms with E-state index in [0.29, 0.717) is 26.4 Å². The van der Waals surface area contributed by atoms with Crippen LogP contribution in [0, 0.1) is 94.7 Å². The summed E-state index contributed by atoms with van der Waals surface area (Å²) in [6.45, 7) is 7.02. The van der Waals surface area contributed by atoms with Gasteiger partial charge in [0.15, 0.2) is 0 Å². The van der Waals surface area contributed by atoms with Gasteiger partial charge in [0.25, 0.3) is 0 Å². The second-order valence-electron chi connectivity index (χ2n) is 17.0. The van der Waals surface area contributed by atoms with Crippen molar-refractivity contribution in [3.63, 3.8) is 0 Å². The molecule has 0 aliphatic carbocycles. The van der Waals surface area contributed by atoms with Crippen molar-refractivity contribution in [2.45, 2.75) is 207 Å². The maximum Gasteiger partial charge on any atom is 0.0722 e. The quantitative estimate of drug-likeness (QED) is 0.0377. The second-order valence-corrected chi connectivity index (χ2v) is 17.0. The van der Waals surface area contributed by atoms with E-state index in [4.69, 9.17) is 9.47 Å². The lowest BCUT2D eigenvalue weighted by Crippen LogP contribution is -1.98.